The summed E-state index contributed by atoms with van der Waals surface area (Å²) in [5.41, 5.74) is 4.70. The fraction of sp³-hybridized carbons (Fsp3) is 0.360. The molecule has 2 heterocycles. The van der Waals surface area contributed by atoms with Gasteiger partial charge in [0.1, 0.15) is 0 Å². The molecular weight excluding hydrogens is 436 g/mol. The van der Waals surface area contributed by atoms with Crippen LogP contribution in [0.3, 0.4) is 0 Å². The molecule has 1 fully saturated rings. The molecule has 0 bridgehead atoms. The van der Waals surface area contributed by atoms with Gasteiger partial charge in [-0.2, -0.15) is 9.40 Å². The third-order valence-electron chi connectivity index (χ3n) is 6.26. The number of rotatable bonds is 6. The van der Waals surface area contributed by atoms with Gasteiger partial charge in [0, 0.05) is 30.4 Å². The summed E-state index contributed by atoms with van der Waals surface area (Å²) in [6, 6.07) is 16.7. The molecule has 8 heteroatoms. The summed E-state index contributed by atoms with van der Waals surface area (Å²) in [5, 5.41) is 7.71. The summed E-state index contributed by atoms with van der Waals surface area (Å²) >= 11 is 0. The average molecular weight is 467 g/mol. The normalized spacial score (nSPS) is 15.5. The molecule has 1 aromatic heterocycles. The Kier molecular flexibility index (Phi) is 6.67. The van der Waals surface area contributed by atoms with Crippen LogP contribution in [-0.4, -0.2) is 47.5 Å². The molecule has 0 atom stereocenters. The van der Waals surface area contributed by atoms with E-state index in [-0.39, 0.29) is 18.4 Å². The van der Waals surface area contributed by atoms with Crippen molar-refractivity contribution < 1.29 is 13.2 Å². The summed E-state index contributed by atoms with van der Waals surface area (Å²) in [4.78, 5) is 13.1. The SMILES string of the molecule is Cc1ccc(S(=O)(=O)N2CCC(NC(=O)Cc3c(C)nn(-c4ccccc4)c3C)CC2)cc1. The van der Waals surface area contributed by atoms with Gasteiger partial charge in [0.15, 0.2) is 0 Å². The standard InChI is InChI=1S/C25H30N4O3S/c1-18-9-11-23(12-10-18)33(31,32)28-15-13-21(14-16-28)26-25(30)17-24-19(2)27-29(20(24)3)22-7-5-4-6-8-22/h4-12,21H,13-17H2,1-3H3,(H,26,30). The van der Waals surface area contributed by atoms with E-state index in [0.717, 1.165) is 28.2 Å². The van der Waals surface area contributed by atoms with Crippen molar-refractivity contribution >= 4 is 15.9 Å². The first-order valence-electron chi connectivity index (χ1n) is 11.2. The number of benzene rings is 2. The molecule has 1 aliphatic heterocycles. The van der Waals surface area contributed by atoms with Crippen LogP contribution in [0.1, 0.15) is 35.4 Å². The molecule has 1 aliphatic rings. The topological polar surface area (TPSA) is 84.3 Å². The molecule has 0 saturated carbocycles. The number of para-hydroxylation sites is 1. The summed E-state index contributed by atoms with van der Waals surface area (Å²) in [5.74, 6) is -0.0614. The predicted molar refractivity (Wildman–Crippen MR) is 128 cm³/mol. The van der Waals surface area contributed by atoms with Crippen LogP contribution < -0.4 is 5.32 Å². The Labute approximate surface area is 195 Å². The van der Waals surface area contributed by atoms with Crippen molar-refractivity contribution in [2.24, 2.45) is 0 Å². The van der Waals surface area contributed by atoms with Crippen molar-refractivity contribution in [3.63, 3.8) is 0 Å². The van der Waals surface area contributed by atoms with Gasteiger partial charge in [-0.3, -0.25) is 4.79 Å². The molecule has 4 rings (SSSR count). The maximum absolute atomic E-state index is 12.9. The van der Waals surface area contributed by atoms with E-state index in [1.165, 1.54) is 4.31 Å². The zero-order valence-electron chi connectivity index (χ0n) is 19.3. The van der Waals surface area contributed by atoms with Crippen molar-refractivity contribution in [3.8, 4) is 5.69 Å². The second kappa shape index (κ2) is 9.49. The Bertz CT molecular complexity index is 1230. The molecule has 0 unspecified atom stereocenters. The fourth-order valence-electron chi connectivity index (χ4n) is 4.29. The number of aryl methyl sites for hydroxylation is 2. The number of amides is 1. The molecule has 1 amide bonds. The molecule has 0 spiro atoms. The molecule has 0 radical (unpaired) electrons. The van der Waals surface area contributed by atoms with Gasteiger partial charge in [-0.15, -0.1) is 0 Å². The maximum atomic E-state index is 12.9. The van der Waals surface area contributed by atoms with E-state index < -0.39 is 10.0 Å². The lowest BCUT2D eigenvalue weighted by molar-refractivity contribution is -0.121. The summed E-state index contributed by atoms with van der Waals surface area (Å²) in [6.45, 7) is 6.62. The monoisotopic (exact) mass is 466 g/mol. The molecule has 3 aromatic rings. The first-order valence-corrected chi connectivity index (χ1v) is 12.7. The minimum atomic E-state index is -3.50. The van der Waals surface area contributed by atoms with Crippen LogP contribution in [0.15, 0.2) is 59.5 Å². The number of sulfonamides is 1. The lowest BCUT2D eigenvalue weighted by Gasteiger charge is -2.31. The number of hydrogen-bond acceptors (Lipinski definition) is 4. The number of nitrogens with one attached hydrogen (secondary N) is 1. The van der Waals surface area contributed by atoms with Gasteiger partial charge in [-0.05, 0) is 57.9 Å². The quantitative estimate of drug-likeness (QED) is 0.604. The van der Waals surface area contributed by atoms with Crippen molar-refractivity contribution in [2.75, 3.05) is 13.1 Å². The molecule has 7 nitrogen and oxygen atoms in total. The number of hydrogen-bond donors (Lipinski definition) is 1. The van der Waals surface area contributed by atoms with E-state index in [0.29, 0.717) is 30.8 Å². The first kappa shape index (κ1) is 23.2. The van der Waals surface area contributed by atoms with E-state index in [1.807, 2.05) is 67.9 Å². The minimum Gasteiger partial charge on any atom is -0.353 e. The highest BCUT2D eigenvalue weighted by atomic mass is 32.2. The maximum Gasteiger partial charge on any atom is 0.243 e. The van der Waals surface area contributed by atoms with Crippen LogP contribution in [0.5, 0.6) is 0 Å². The van der Waals surface area contributed by atoms with Crippen molar-refractivity contribution in [1.82, 2.24) is 19.4 Å². The smallest absolute Gasteiger partial charge is 0.243 e. The summed E-state index contributed by atoms with van der Waals surface area (Å²) < 4.78 is 29.2. The van der Waals surface area contributed by atoms with Crippen LogP contribution in [-0.2, 0) is 21.2 Å². The van der Waals surface area contributed by atoms with Crippen molar-refractivity contribution in [1.29, 1.82) is 0 Å². The Balaban J connectivity index is 1.36. The van der Waals surface area contributed by atoms with Gasteiger partial charge in [-0.25, -0.2) is 13.1 Å². The van der Waals surface area contributed by atoms with Gasteiger partial charge >= 0.3 is 0 Å². The minimum absolute atomic E-state index is 0.0354. The van der Waals surface area contributed by atoms with Crippen LogP contribution in [0, 0.1) is 20.8 Å². The van der Waals surface area contributed by atoms with Gasteiger partial charge in [-0.1, -0.05) is 35.9 Å². The first-order chi connectivity index (χ1) is 15.8. The number of aromatic nitrogens is 2. The molecule has 0 aliphatic carbocycles. The van der Waals surface area contributed by atoms with Gasteiger partial charge in [0.05, 0.1) is 22.7 Å². The third kappa shape index (κ3) is 5.02. The van der Waals surface area contributed by atoms with Crippen molar-refractivity contribution in [2.45, 2.75) is 51.0 Å². The Hall–Kier alpha value is -2.97. The molecule has 1 N–H and O–H groups in total. The van der Waals surface area contributed by atoms with Crippen molar-refractivity contribution in [3.05, 3.63) is 77.1 Å². The largest absolute Gasteiger partial charge is 0.353 e. The highest BCUT2D eigenvalue weighted by Crippen LogP contribution is 2.22. The van der Waals surface area contributed by atoms with Crippen LogP contribution in [0.25, 0.3) is 5.69 Å². The number of carbonyl (C=O) groups excluding carboxylic acids is 1. The lowest BCUT2D eigenvalue weighted by Crippen LogP contribution is -2.46. The number of piperidine rings is 1. The van der Waals surface area contributed by atoms with E-state index in [9.17, 15) is 13.2 Å². The number of carbonyl (C=O) groups is 1. The van der Waals surface area contributed by atoms with Gasteiger partial charge < -0.3 is 5.32 Å². The molecular formula is C25H30N4O3S. The highest BCUT2D eigenvalue weighted by molar-refractivity contribution is 7.89. The van der Waals surface area contributed by atoms with Gasteiger partial charge in [0.2, 0.25) is 15.9 Å². The predicted octanol–water partition coefficient (Wildman–Crippen LogP) is 3.31. The Morgan fingerprint density at radius 2 is 1.64 bits per heavy atom. The van der Waals surface area contributed by atoms with Crippen LogP contribution >= 0.6 is 0 Å². The summed E-state index contributed by atoms with van der Waals surface area (Å²) in [6.07, 6.45) is 1.45. The van der Waals surface area contributed by atoms with Crippen LogP contribution in [0.2, 0.25) is 0 Å². The molecule has 174 valence electrons. The lowest BCUT2D eigenvalue weighted by atomic mass is 10.1. The molecule has 2 aromatic carbocycles. The average Bonchev–Trinajstić information content (AvgIpc) is 3.08. The van der Waals surface area contributed by atoms with E-state index >= 15 is 0 Å². The van der Waals surface area contributed by atoms with E-state index in [2.05, 4.69) is 10.4 Å². The third-order valence-corrected chi connectivity index (χ3v) is 8.17. The van der Waals surface area contributed by atoms with E-state index in [4.69, 9.17) is 0 Å². The number of nitrogens with zero attached hydrogens (tertiary/aromatic N) is 3. The Morgan fingerprint density at radius 1 is 1.00 bits per heavy atom. The summed E-state index contributed by atoms with van der Waals surface area (Å²) in [7, 11) is -3.50. The Morgan fingerprint density at radius 3 is 2.27 bits per heavy atom. The second-order valence-corrected chi connectivity index (χ2v) is 10.6. The second-order valence-electron chi connectivity index (χ2n) is 8.63. The zero-order valence-corrected chi connectivity index (χ0v) is 20.1. The molecule has 1 saturated heterocycles. The van der Waals surface area contributed by atoms with Crippen LogP contribution in [0.4, 0.5) is 0 Å². The van der Waals surface area contributed by atoms with E-state index in [1.54, 1.807) is 12.1 Å². The zero-order chi connectivity index (χ0) is 23.6. The highest BCUT2D eigenvalue weighted by Gasteiger charge is 2.30. The van der Waals surface area contributed by atoms with Gasteiger partial charge in [0.25, 0.3) is 0 Å². The fourth-order valence-corrected chi connectivity index (χ4v) is 5.76. The molecule has 33 heavy (non-hydrogen) atoms.